The normalized spacial score (nSPS) is 22.2. The second-order valence-corrected chi connectivity index (χ2v) is 9.23. The molecule has 2 aliphatic rings. The summed E-state index contributed by atoms with van der Waals surface area (Å²) in [5, 5.41) is 8.70. The van der Waals surface area contributed by atoms with E-state index in [1.807, 2.05) is 18.2 Å². The standard InChI is InChI=1S/C26H34N2O3/c1-31-23-13-12-19(21-10-6-7-11-22(21)23)18-26(17-15-25(30)28-26)16-14-24(29)27-20-8-4-2-3-5-9-20/h6-7,10-13,20H,2-5,8-9,14-18H2,1H3,(H,27,29)(H,28,30). The minimum Gasteiger partial charge on any atom is -0.496 e. The lowest BCUT2D eigenvalue weighted by Gasteiger charge is -2.30. The molecule has 31 heavy (non-hydrogen) atoms. The molecule has 5 nitrogen and oxygen atoms in total. The Labute approximate surface area is 184 Å². The molecule has 1 heterocycles. The van der Waals surface area contributed by atoms with Gasteiger partial charge in [-0.05, 0) is 49.1 Å². The van der Waals surface area contributed by atoms with Crippen LogP contribution in [0.3, 0.4) is 0 Å². The Morgan fingerprint density at radius 2 is 1.84 bits per heavy atom. The second kappa shape index (κ2) is 9.71. The lowest BCUT2D eigenvalue weighted by Crippen LogP contribution is -2.45. The third kappa shape index (κ3) is 5.20. The van der Waals surface area contributed by atoms with E-state index in [2.05, 4.69) is 28.8 Å². The molecule has 0 bridgehead atoms. The van der Waals surface area contributed by atoms with Crippen LogP contribution in [0.1, 0.15) is 69.8 Å². The third-order valence-electron chi connectivity index (χ3n) is 7.01. The highest BCUT2D eigenvalue weighted by atomic mass is 16.5. The molecule has 1 saturated carbocycles. The van der Waals surface area contributed by atoms with Crippen LogP contribution >= 0.6 is 0 Å². The maximum Gasteiger partial charge on any atom is 0.220 e. The fraction of sp³-hybridized carbons (Fsp3) is 0.538. The average Bonchev–Trinajstić information content (AvgIpc) is 2.97. The Balaban J connectivity index is 1.48. The molecule has 2 aromatic carbocycles. The van der Waals surface area contributed by atoms with Crippen LogP contribution in [-0.2, 0) is 16.0 Å². The fourth-order valence-corrected chi connectivity index (χ4v) is 5.29. The van der Waals surface area contributed by atoms with Gasteiger partial charge in [0.05, 0.1) is 7.11 Å². The van der Waals surface area contributed by atoms with E-state index in [1.165, 1.54) is 31.2 Å². The zero-order valence-electron chi connectivity index (χ0n) is 18.5. The molecule has 1 atom stereocenters. The van der Waals surface area contributed by atoms with Gasteiger partial charge in [0.15, 0.2) is 0 Å². The summed E-state index contributed by atoms with van der Waals surface area (Å²) in [4.78, 5) is 24.9. The predicted octanol–water partition coefficient (Wildman–Crippen LogP) is 4.66. The van der Waals surface area contributed by atoms with Gasteiger partial charge in [-0.3, -0.25) is 9.59 Å². The summed E-state index contributed by atoms with van der Waals surface area (Å²) in [5.74, 6) is 1.06. The number of nitrogens with one attached hydrogen (secondary N) is 2. The number of carbonyl (C=O) groups is 2. The van der Waals surface area contributed by atoms with Crippen molar-refractivity contribution in [3.05, 3.63) is 42.0 Å². The molecule has 0 spiro atoms. The Hall–Kier alpha value is -2.56. The van der Waals surface area contributed by atoms with Gasteiger partial charge in [0.25, 0.3) is 0 Å². The maximum absolute atomic E-state index is 12.7. The van der Waals surface area contributed by atoms with Crippen molar-refractivity contribution in [2.24, 2.45) is 0 Å². The number of amides is 2. The average molecular weight is 423 g/mol. The van der Waals surface area contributed by atoms with Crippen molar-refractivity contribution in [3.63, 3.8) is 0 Å². The van der Waals surface area contributed by atoms with Crippen LogP contribution in [0.4, 0.5) is 0 Å². The zero-order valence-corrected chi connectivity index (χ0v) is 18.5. The molecule has 1 saturated heterocycles. The molecule has 2 amide bonds. The lowest BCUT2D eigenvalue weighted by atomic mass is 9.83. The molecule has 5 heteroatoms. The lowest BCUT2D eigenvalue weighted by molar-refractivity contribution is -0.123. The number of rotatable bonds is 7. The van der Waals surface area contributed by atoms with Crippen LogP contribution in [0.5, 0.6) is 5.75 Å². The Morgan fingerprint density at radius 3 is 2.52 bits per heavy atom. The van der Waals surface area contributed by atoms with E-state index in [0.717, 1.165) is 42.2 Å². The predicted molar refractivity (Wildman–Crippen MR) is 123 cm³/mol. The fourth-order valence-electron chi connectivity index (χ4n) is 5.29. The van der Waals surface area contributed by atoms with Crippen LogP contribution in [0, 0.1) is 0 Å². The summed E-state index contributed by atoms with van der Waals surface area (Å²) >= 11 is 0. The molecule has 4 rings (SSSR count). The van der Waals surface area contributed by atoms with Crippen LogP contribution in [0.25, 0.3) is 10.8 Å². The molecule has 1 aliphatic carbocycles. The van der Waals surface area contributed by atoms with Crippen molar-refractivity contribution >= 4 is 22.6 Å². The number of ether oxygens (including phenoxy) is 1. The summed E-state index contributed by atoms with van der Waals surface area (Å²) in [6.07, 6.45) is 10.3. The summed E-state index contributed by atoms with van der Waals surface area (Å²) in [6, 6.07) is 12.6. The minimum atomic E-state index is -0.366. The van der Waals surface area contributed by atoms with Crippen molar-refractivity contribution in [2.75, 3.05) is 7.11 Å². The van der Waals surface area contributed by atoms with Crippen molar-refractivity contribution in [3.8, 4) is 5.75 Å². The van der Waals surface area contributed by atoms with E-state index in [4.69, 9.17) is 4.74 Å². The molecule has 166 valence electrons. The molecule has 0 aromatic heterocycles. The van der Waals surface area contributed by atoms with E-state index in [0.29, 0.717) is 25.3 Å². The summed E-state index contributed by atoms with van der Waals surface area (Å²) < 4.78 is 5.53. The van der Waals surface area contributed by atoms with E-state index in [-0.39, 0.29) is 17.4 Å². The van der Waals surface area contributed by atoms with Gasteiger partial charge in [0.2, 0.25) is 11.8 Å². The molecular formula is C26H34N2O3. The monoisotopic (exact) mass is 422 g/mol. The van der Waals surface area contributed by atoms with Gasteiger partial charge in [-0.15, -0.1) is 0 Å². The van der Waals surface area contributed by atoms with Crippen LogP contribution in [0.15, 0.2) is 36.4 Å². The van der Waals surface area contributed by atoms with Crippen molar-refractivity contribution < 1.29 is 14.3 Å². The van der Waals surface area contributed by atoms with Crippen molar-refractivity contribution in [2.45, 2.75) is 82.2 Å². The van der Waals surface area contributed by atoms with E-state index >= 15 is 0 Å². The first-order chi connectivity index (χ1) is 15.1. The SMILES string of the molecule is COc1ccc(CC2(CCC(=O)NC3CCCCCC3)CCC(=O)N2)c2ccccc12. The smallest absolute Gasteiger partial charge is 0.220 e. The zero-order chi connectivity index (χ0) is 21.7. The minimum absolute atomic E-state index is 0.0852. The van der Waals surface area contributed by atoms with Crippen molar-refractivity contribution in [1.29, 1.82) is 0 Å². The second-order valence-electron chi connectivity index (χ2n) is 9.23. The van der Waals surface area contributed by atoms with Gasteiger partial charge in [0, 0.05) is 29.8 Å². The maximum atomic E-state index is 12.7. The van der Waals surface area contributed by atoms with Gasteiger partial charge in [-0.2, -0.15) is 0 Å². The first-order valence-corrected chi connectivity index (χ1v) is 11.7. The molecule has 2 N–H and O–H groups in total. The number of methoxy groups -OCH3 is 1. The Morgan fingerprint density at radius 1 is 1.10 bits per heavy atom. The highest BCUT2D eigenvalue weighted by molar-refractivity contribution is 5.91. The quantitative estimate of drug-likeness (QED) is 0.638. The first-order valence-electron chi connectivity index (χ1n) is 11.7. The van der Waals surface area contributed by atoms with Crippen LogP contribution in [0.2, 0.25) is 0 Å². The molecular weight excluding hydrogens is 388 g/mol. The van der Waals surface area contributed by atoms with Crippen LogP contribution in [-0.4, -0.2) is 30.5 Å². The topological polar surface area (TPSA) is 67.4 Å². The largest absolute Gasteiger partial charge is 0.496 e. The summed E-state index contributed by atoms with van der Waals surface area (Å²) in [6.45, 7) is 0. The molecule has 2 aromatic rings. The van der Waals surface area contributed by atoms with Crippen LogP contribution < -0.4 is 15.4 Å². The third-order valence-corrected chi connectivity index (χ3v) is 7.01. The number of hydrogen-bond acceptors (Lipinski definition) is 3. The number of fused-ring (bicyclic) bond motifs is 1. The van der Waals surface area contributed by atoms with E-state index in [9.17, 15) is 9.59 Å². The number of benzene rings is 2. The van der Waals surface area contributed by atoms with E-state index in [1.54, 1.807) is 7.11 Å². The summed E-state index contributed by atoms with van der Waals surface area (Å²) in [7, 11) is 1.69. The van der Waals surface area contributed by atoms with Gasteiger partial charge >= 0.3 is 0 Å². The molecule has 2 fully saturated rings. The van der Waals surface area contributed by atoms with Crippen molar-refractivity contribution in [1.82, 2.24) is 10.6 Å². The summed E-state index contributed by atoms with van der Waals surface area (Å²) in [5.41, 5.74) is 0.817. The Kier molecular flexibility index (Phi) is 6.79. The number of hydrogen-bond donors (Lipinski definition) is 2. The molecule has 1 aliphatic heterocycles. The van der Waals surface area contributed by atoms with Gasteiger partial charge in [-0.1, -0.05) is 56.0 Å². The Bertz CT molecular complexity index is 933. The first kappa shape index (κ1) is 21.7. The molecule has 1 unspecified atom stereocenters. The van der Waals surface area contributed by atoms with Gasteiger partial charge in [0.1, 0.15) is 5.75 Å². The van der Waals surface area contributed by atoms with Gasteiger partial charge < -0.3 is 15.4 Å². The highest BCUT2D eigenvalue weighted by Crippen LogP contribution is 2.35. The van der Waals surface area contributed by atoms with E-state index < -0.39 is 0 Å². The number of carbonyl (C=O) groups excluding carboxylic acids is 2. The highest BCUT2D eigenvalue weighted by Gasteiger charge is 2.38. The molecule has 0 radical (unpaired) electrons. The van der Waals surface area contributed by atoms with Gasteiger partial charge in [-0.25, -0.2) is 0 Å².